The van der Waals surface area contributed by atoms with E-state index in [1.807, 2.05) is 16.7 Å². The molecular weight excluding hydrogens is 208 g/mol. The molecule has 0 radical (unpaired) electrons. The lowest BCUT2D eigenvalue weighted by atomic mass is 10.2. The van der Waals surface area contributed by atoms with E-state index in [0.29, 0.717) is 18.0 Å². The average Bonchev–Trinajstić information content (AvgIpc) is 2.70. The van der Waals surface area contributed by atoms with E-state index in [0.717, 1.165) is 11.0 Å². The van der Waals surface area contributed by atoms with Gasteiger partial charge in [0.05, 0.1) is 38.2 Å². The Morgan fingerprint density at radius 1 is 1.25 bits per heavy atom. The molecule has 86 valence electrons. The first kappa shape index (κ1) is 10.8. The number of hydrogen-bond acceptors (Lipinski definition) is 4. The van der Waals surface area contributed by atoms with Gasteiger partial charge in [0.1, 0.15) is 0 Å². The van der Waals surface area contributed by atoms with Crippen LogP contribution in [0.25, 0.3) is 11.0 Å². The second-order valence-corrected chi connectivity index (χ2v) is 3.36. The lowest BCUT2D eigenvalue weighted by molar-refractivity contribution is 0.277. The Bertz CT molecular complexity index is 493. The number of aromatic nitrogens is 2. The molecule has 1 aromatic heterocycles. The van der Waals surface area contributed by atoms with Gasteiger partial charge in [0.25, 0.3) is 0 Å². The first-order chi connectivity index (χ1) is 7.80. The standard InChI is InChI=1S/C11H14N2O3/c1-15-10-5-8-9(6-11(10)16-2)13(3-4-14)7-12-8/h5-7,14H,3-4H2,1-2H3. The van der Waals surface area contributed by atoms with E-state index in [4.69, 9.17) is 14.6 Å². The molecule has 5 heteroatoms. The van der Waals surface area contributed by atoms with Crippen LogP contribution in [0.5, 0.6) is 11.5 Å². The van der Waals surface area contributed by atoms with Crippen LogP contribution in [0.1, 0.15) is 0 Å². The summed E-state index contributed by atoms with van der Waals surface area (Å²) in [4.78, 5) is 4.24. The summed E-state index contributed by atoms with van der Waals surface area (Å²) in [5, 5.41) is 8.92. The summed E-state index contributed by atoms with van der Waals surface area (Å²) in [6.45, 7) is 0.603. The largest absolute Gasteiger partial charge is 0.493 e. The highest BCUT2D eigenvalue weighted by atomic mass is 16.5. The van der Waals surface area contributed by atoms with Crippen LogP contribution in [0.3, 0.4) is 0 Å². The molecule has 0 saturated carbocycles. The normalized spacial score (nSPS) is 10.7. The summed E-state index contributed by atoms with van der Waals surface area (Å²) in [6, 6.07) is 3.68. The molecule has 5 nitrogen and oxygen atoms in total. The average molecular weight is 222 g/mol. The summed E-state index contributed by atoms with van der Waals surface area (Å²) in [5.41, 5.74) is 1.75. The quantitative estimate of drug-likeness (QED) is 0.840. The van der Waals surface area contributed by atoms with Crippen molar-refractivity contribution in [1.82, 2.24) is 9.55 Å². The Morgan fingerprint density at radius 2 is 1.94 bits per heavy atom. The van der Waals surface area contributed by atoms with E-state index >= 15 is 0 Å². The highest BCUT2D eigenvalue weighted by molar-refractivity contribution is 5.80. The van der Waals surface area contributed by atoms with Crippen molar-refractivity contribution in [3.8, 4) is 11.5 Å². The molecule has 0 unspecified atom stereocenters. The fraction of sp³-hybridized carbons (Fsp3) is 0.364. The minimum absolute atomic E-state index is 0.0831. The van der Waals surface area contributed by atoms with Gasteiger partial charge < -0.3 is 19.1 Å². The molecular formula is C11H14N2O3. The third kappa shape index (κ3) is 1.69. The van der Waals surface area contributed by atoms with Crippen molar-refractivity contribution in [1.29, 1.82) is 0 Å². The van der Waals surface area contributed by atoms with Crippen LogP contribution < -0.4 is 9.47 Å². The van der Waals surface area contributed by atoms with E-state index in [2.05, 4.69) is 4.98 Å². The molecule has 0 spiro atoms. The Hall–Kier alpha value is -1.75. The number of ether oxygens (including phenoxy) is 2. The van der Waals surface area contributed by atoms with Gasteiger partial charge in [-0.25, -0.2) is 4.98 Å². The number of methoxy groups -OCH3 is 2. The van der Waals surface area contributed by atoms with Crippen molar-refractivity contribution in [3.63, 3.8) is 0 Å². The monoisotopic (exact) mass is 222 g/mol. The molecule has 16 heavy (non-hydrogen) atoms. The smallest absolute Gasteiger partial charge is 0.163 e. The van der Waals surface area contributed by atoms with E-state index in [1.54, 1.807) is 20.5 Å². The number of nitrogens with zero attached hydrogens (tertiary/aromatic N) is 2. The van der Waals surface area contributed by atoms with Gasteiger partial charge in [-0.1, -0.05) is 0 Å². The second kappa shape index (κ2) is 4.40. The first-order valence-corrected chi connectivity index (χ1v) is 4.98. The minimum atomic E-state index is 0.0831. The number of rotatable bonds is 4. The number of aliphatic hydroxyl groups excluding tert-OH is 1. The zero-order valence-corrected chi connectivity index (χ0v) is 9.30. The maximum Gasteiger partial charge on any atom is 0.163 e. The van der Waals surface area contributed by atoms with Crippen LogP contribution >= 0.6 is 0 Å². The van der Waals surface area contributed by atoms with Crippen molar-refractivity contribution in [3.05, 3.63) is 18.5 Å². The predicted molar refractivity (Wildman–Crippen MR) is 59.9 cm³/mol. The number of aliphatic hydroxyl groups is 1. The molecule has 2 aromatic rings. The molecule has 0 fully saturated rings. The van der Waals surface area contributed by atoms with Crippen LogP contribution in [0.4, 0.5) is 0 Å². The highest BCUT2D eigenvalue weighted by Gasteiger charge is 2.09. The highest BCUT2D eigenvalue weighted by Crippen LogP contribution is 2.31. The van der Waals surface area contributed by atoms with E-state index in [-0.39, 0.29) is 6.61 Å². The lowest BCUT2D eigenvalue weighted by Crippen LogP contribution is -2.00. The lowest BCUT2D eigenvalue weighted by Gasteiger charge is -2.08. The number of imidazole rings is 1. The van der Waals surface area contributed by atoms with Gasteiger partial charge in [-0.05, 0) is 0 Å². The Balaban J connectivity index is 2.57. The fourth-order valence-corrected chi connectivity index (χ4v) is 1.67. The van der Waals surface area contributed by atoms with E-state index in [1.165, 1.54) is 0 Å². The summed E-state index contributed by atoms with van der Waals surface area (Å²) in [7, 11) is 3.19. The maximum absolute atomic E-state index is 8.92. The fourth-order valence-electron chi connectivity index (χ4n) is 1.67. The molecule has 0 aliphatic carbocycles. The van der Waals surface area contributed by atoms with Gasteiger partial charge in [-0.3, -0.25) is 0 Å². The summed E-state index contributed by atoms with van der Waals surface area (Å²) in [5.74, 6) is 1.32. The van der Waals surface area contributed by atoms with E-state index < -0.39 is 0 Å². The predicted octanol–water partition coefficient (Wildman–Crippen LogP) is 1.05. The molecule has 0 aliphatic rings. The molecule has 1 N–H and O–H groups in total. The van der Waals surface area contributed by atoms with Crippen molar-refractivity contribution >= 4 is 11.0 Å². The molecule has 0 saturated heterocycles. The van der Waals surface area contributed by atoms with Crippen LogP contribution in [-0.2, 0) is 6.54 Å². The van der Waals surface area contributed by atoms with Gasteiger partial charge in [0.2, 0.25) is 0 Å². The molecule has 2 rings (SSSR count). The van der Waals surface area contributed by atoms with Crippen LogP contribution in [0.15, 0.2) is 18.5 Å². The molecule has 0 atom stereocenters. The van der Waals surface area contributed by atoms with Crippen LogP contribution in [-0.4, -0.2) is 35.5 Å². The third-order valence-electron chi connectivity index (χ3n) is 2.47. The number of benzene rings is 1. The maximum atomic E-state index is 8.92. The zero-order valence-electron chi connectivity index (χ0n) is 9.30. The van der Waals surface area contributed by atoms with E-state index in [9.17, 15) is 0 Å². The molecule has 0 bridgehead atoms. The zero-order chi connectivity index (χ0) is 11.5. The van der Waals surface area contributed by atoms with Crippen molar-refractivity contribution in [2.75, 3.05) is 20.8 Å². The summed E-state index contributed by atoms with van der Waals surface area (Å²) >= 11 is 0. The van der Waals surface area contributed by atoms with Crippen molar-refractivity contribution < 1.29 is 14.6 Å². The SMILES string of the molecule is COc1cc2ncn(CCO)c2cc1OC. The van der Waals surface area contributed by atoms with Gasteiger partial charge in [-0.2, -0.15) is 0 Å². The minimum Gasteiger partial charge on any atom is -0.493 e. The van der Waals surface area contributed by atoms with Crippen LogP contribution in [0, 0.1) is 0 Å². The Morgan fingerprint density at radius 3 is 2.56 bits per heavy atom. The van der Waals surface area contributed by atoms with Crippen molar-refractivity contribution in [2.24, 2.45) is 0 Å². The molecule has 0 amide bonds. The summed E-state index contributed by atoms with van der Waals surface area (Å²) < 4.78 is 12.3. The summed E-state index contributed by atoms with van der Waals surface area (Å²) in [6.07, 6.45) is 1.69. The molecule has 0 aliphatic heterocycles. The third-order valence-corrected chi connectivity index (χ3v) is 2.47. The first-order valence-electron chi connectivity index (χ1n) is 4.98. The van der Waals surface area contributed by atoms with Gasteiger partial charge in [0.15, 0.2) is 11.5 Å². The number of hydrogen-bond donors (Lipinski definition) is 1. The molecule has 1 aromatic carbocycles. The second-order valence-electron chi connectivity index (χ2n) is 3.36. The Labute approximate surface area is 93.2 Å². The van der Waals surface area contributed by atoms with Crippen LogP contribution in [0.2, 0.25) is 0 Å². The topological polar surface area (TPSA) is 56.5 Å². The van der Waals surface area contributed by atoms with Gasteiger partial charge >= 0.3 is 0 Å². The van der Waals surface area contributed by atoms with Crippen molar-refractivity contribution in [2.45, 2.75) is 6.54 Å². The van der Waals surface area contributed by atoms with Gasteiger partial charge in [-0.15, -0.1) is 0 Å². The molecule has 1 heterocycles. The van der Waals surface area contributed by atoms with Gasteiger partial charge in [0, 0.05) is 18.7 Å². The Kier molecular flexibility index (Phi) is 2.96. The number of fused-ring (bicyclic) bond motifs is 1.